The van der Waals surface area contributed by atoms with E-state index in [2.05, 4.69) is 10.4 Å². The first-order valence-electron chi connectivity index (χ1n) is 5.02. The van der Waals surface area contributed by atoms with E-state index >= 15 is 0 Å². The normalized spacial score (nSPS) is 18.6. The SMILES string of the molecule is Nc1cnn(C2CCNCC2)c1C(F)F. The van der Waals surface area contributed by atoms with Gasteiger partial charge in [0.2, 0.25) is 0 Å². The van der Waals surface area contributed by atoms with Gasteiger partial charge in [0, 0.05) is 0 Å². The third-order valence-corrected chi connectivity index (χ3v) is 2.73. The fourth-order valence-corrected chi connectivity index (χ4v) is 1.95. The number of rotatable bonds is 2. The van der Waals surface area contributed by atoms with Crippen LogP contribution in [0.25, 0.3) is 0 Å². The van der Waals surface area contributed by atoms with Crippen LogP contribution in [0.1, 0.15) is 31.0 Å². The highest BCUT2D eigenvalue weighted by atomic mass is 19.3. The molecule has 0 aromatic carbocycles. The molecule has 0 aliphatic carbocycles. The molecule has 6 heteroatoms. The van der Waals surface area contributed by atoms with Crippen molar-refractivity contribution in [1.82, 2.24) is 15.1 Å². The van der Waals surface area contributed by atoms with Gasteiger partial charge in [0.15, 0.2) is 0 Å². The van der Waals surface area contributed by atoms with E-state index in [1.807, 2.05) is 0 Å². The Morgan fingerprint density at radius 1 is 1.47 bits per heavy atom. The Morgan fingerprint density at radius 3 is 2.73 bits per heavy atom. The summed E-state index contributed by atoms with van der Waals surface area (Å²) >= 11 is 0. The minimum absolute atomic E-state index is 0.0487. The van der Waals surface area contributed by atoms with Crippen molar-refractivity contribution in [3.63, 3.8) is 0 Å². The van der Waals surface area contributed by atoms with Gasteiger partial charge in [-0.2, -0.15) is 5.10 Å². The molecule has 84 valence electrons. The number of nitrogens with one attached hydrogen (secondary N) is 1. The lowest BCUT2D eigenvalue weighted by atomic mass is 10.1. The van der Waals surface area contributed by atoms with Crippen molar-refractivity contribution in [2.45, 2.75) is 25.3 Å². The molecule has 0 unspecified atom stereocenters. The second-order valence-corrected chi connectivity index (χ2v) is 3.71. The summed E-state index contributed by atoms with van der Waals surface area (Å²) in [7, 11) is 0. The van der Waals surface area contributed by atoms with E-state index in [0.717, 1.165) is 25.9 Å². The second kappa shape index (κ2) is 4.14. The molecule has 4 nitrogen and oxygen atoms in total. The highest BCUT2D eigenvalue weighted by Gasteiger charge is 2.24. The summed E-state index contributed by atoms with van der Waals surface area (Å²) in [4.78, 5) is 0. The summed E-state index contributed by atoms with van der Waals surface area (Å²) in [6.45, 7) is 1.68. The number of piperidine rings is 1. The molecule has 1 aromatic rings. The zero-order valence-electron chi connectivity index (χ0n) is 8.29. The Balaban J connectivity index is 2.26. The molecular formula is C9H14F2N4. The molecule has 0 atom stereocenters. The van der Waals surface area contributed by atoms with Gasteiger partial charge < -0.3 is 11.1 Å². The lowest BCUT2D eigenvalue weighted by Gasteiger charge is -2.24. The van der Waals surface area contributed by atoms with Crippen LogP contribution in [0.4, 0.5) is 14.5 Å². The minimum Gasteiger partial charge on any atom is -0.396 e. The lowest BCUT2D eigenvalue weighted by molar-refractivity contribution is 0.134. The topological polar surface area (TPSA) is 55.9 Å². The number of nitrogen functional groups attached to an aromatic ring is 1. The number of aromatic nitrogens is 2. The maximum Gasteiger partial charge on any atom is 0.282 e. The molecule has 15 heavy (non-hydrogen) atoms. The molecular weight excluding hydrogens is 202 g/mol. The monoisotopic (exact) mass is 216 g/mol. The van der Waals surface area contributed by atoms with E-state index in [4.69, 9.17) is 5.73 Å². The Hall–Kier alpha value is -1.17. The number of anilines is 1. The molecule has 0 spiro atoms. The second-order valence-electron chi connectivity index (χ2n) is 3.71. The third kappa shape index (κ3) is 1.94. The molecule has 0 bridgehead atoms. The van der Waals surface area contributed by atoms with E-state index in [1.54, 1.807) is 0 Å². The summed E-state index contributed by atoms with van der Waals surface area (Å²) in [6, 6.07) is 0.0487. The fourth-order valence-electron chi connectivity index (χ4n) is 1.95. The molecule has 1 aliphatic rings. The quantitative estimate of drug-likeness (QED) is 0.784. The van der Waals surface area contributed by atoms with Crippen molar-refractivity contribution in [3.8, 4) is 0 Å². The molecule has 0 radical (unpaired) electrons. The van der Waals surface area contributed by atoms with Crippen molar-refractivity contribution in [2.24, 2.45) is 0 Å². The molecule has 0 saturated carbocycles. The van der Waals surface area contributed by atoms with Gasteiger partial charge >= 0.3 is 0 Å². The molecule has 0 amide bonds. The summed E-state index contributed by atoms with van der Waals surface area (Å²) in [5, 5.41) is 7.12. The summed E-state index contributed by atoms with van der Waals surface area (Å²) in [6.07, 6.45) is 0.396. The van der Waals surface area contributed by atoms with Crippen LogP contribution >= 0.6 is 0 Å². The van der Waals surface area contributed by atoms with Gasteiger partial charge in [0.05, 0.1) is 17.9 Å². The van der Waals surface area contributed by atoms with Gasteiger partial charge in [-0.1, -0.05) is 0 Å². The van der Waals surface area contributed by atoms with Crippen LogP contribution in [-0.4, -0.2) is 22.9 Å². The number of hydrogen-bond acceptors (Lipinski definition) is 3. The fraction of sp³-hybridized carbons (Fsp3) is 0.667. The Morgan fingerprint density at radius 2 is 2.13 bits per heavy atom. The highest BCUT2D eigenvalue weighted by Crippen LogP contribution is 2.29. The predicted molar refractivity (Wildman–Crippen MR) is 52.7 cm³/mol. The predicted octanol–water partition coefficient (Wildman–Crippen LogP) is 1.33. The van der Waals surface area contributed by atoms with Gasteiger partial charge in [-0.05, 0) is 25.9 Å². The Kier molecular flexibility index (Phi) is 2.86. The molecule has 1 fully saturated rings. The van der Waals surface area contributed by atoms with E-state index in [-0.39, 0.29) is 17.4 Å². The lowest BCUT2D eigenvalue weighted by Crippen LogP contribution is -2.30. The Bertz CT molecular complexity index is 331. The summed E-state index contributed by atoms with van der Waals surface area (Å²) in [5.41, 5.74) is 5.42. The van der Waals surface area contributed by atoms with Crippen molar-refractivity contribution in [1.29, 1.82) is 0 Å². The summed E-state index contributed by atoms with van der Waals surface area (Å²) < 4.78 is 26.8. The van der Waals surface area contributed by atoms with E-state index in [1.165, 1.54) is 10.9 Å². The van der Waals surface area contributed by atoms with Crippen LogP contribution in [-0.2, 0) is 0 Å². The van der Waals surface area contributed by atoms with Gasteiger partial charge in [0.25, 0.3) is 6.43 Å². The average molecular weight is 216 g/mol. The van der Waals surface area contributed by atoms with Crippen LogP contribution in [0.3, 0.4) is 0 Å². The molecule has 1 aliphatic heterocycles. The first-order valence-corrected chi connectivity index (χ1v) is 5.02. The molecule has 3 N–H and O–H groups in total. The Labute approximate surface area is 86.4 Å². The number of nitrogens with zero attached hydrogens (tertiary/aromatic N) is 2. The first kappa shape index (κ1) is 10.4. The third-order valence-electron chi connectivity index (χ3n) is 2.73. The number of alkyl halides is 2. The molecule has 2 rings (SSSR count). The smallest absolute Gasteiger partial charge is 0.282 e. The van der Waals surface area contributed by atoms with E-state index in [9.17, 15) is 8.78 Å². The summed E-state index contributed by atoms with van der Waals surface area (Å²) in [5.74, 6) is 0. The van der Waals surface area contributed by atoms with Crippen LogP contribution < -0.4 is 11.1 Å². The molecule has 1 saturated heterocycles. The van der Waals surface area contributed by atoms with Crippen LogP contribution in [0.5, 0.6) is 0 Å². The van der Waals surface area contributed by atoms with Crippen molar-refractivity contribution < 1.29 is 8.78 Å². The average Bonchev–Trinajstić information content (AvgIpc) is 2.61. The van der Waals surface area contributed by atoms with Gasteiger partial charge in [-0.25, -0.2) is 8.78 Å². The first-order chi connectivity index (χ1) is 7.20. The number of hydrogen-bond donors (Lipinski definition) is 2. The van der Waals surface area contributed by atoms with Crippen molar-refractivity contribution in [3.05, 3.63) is 11.9 Å². The number of nitrogens with two attached hydrogens (primary N) is 1. The van der Waals surface area contributed by atoms with E-state index < -0.39 is 6.43 Å². The zero-order chi connectivity index (χ0) is 10.8. The maximum atomic E-state index is 12.7. The standard InChI is InChI=1S/C9H14F2N4/c10-9(11)8-7(12)5-14-15(8)6-1-3-13-4-2-6/h5-6,9,13H,1-4,12H2. The minimum atomic E-state index is -2.55. The van der Waals surface area contributed by atoms with Crippen LogP contribution in [0.2, 0.25) is 0 Å². The van der Waals surface area contributed by atoms with Gasteiger partial charge in [-0.3, -0.25) is 4.68 Å². The van der Waals surface area contributed by atoms with Crippen molar-refractivity contribution >= 4 is 5.69 Å². The highest BCUT2D eigenvalue weighted by molar-refractivity contribution is 5.41. The van der Waals surface area contributed by atoms with Crippen molar-refractivity contribution in [2.75, 3.05) is 18.8 Å². The van der Waals surface area contributed by atoms with Gasteiger partial charge in [0.1, 0.15) is 5.69 Å². The number of halogens is 2. The zero-order valence-corrected chi connectivity index (χ0v) is 8.29. The van der Waals surface area contributed by atoms with Gasteiger partial charge in [-0.15, -0.1) is 0 Å². The molecule has 2 heterocycles. The van der Waals surface area contributed by atoms with E-state index in [0.29, 0.717) is 0 Å². The van der Waals surface area contributed by atoms with Crippen LogP contribution in [0.15, 0.2) is 6.20 Å². The molecule has 1 aromatic heterocycles. The van der Waals surface area contributed by atoms with Crippen LogP contribution in [0, 0.1) is 0 Å². The maximum absolute atomic E-state index is 12.7. The largest absolute Gasteiger partial charge is 0.396 e.